The van der Waals surface area contributed by atoms with Crippen molar-refractivity contribution in [1.29, 1.82) is 0 Å². The van der Waals surface area contributed by atoms with Gasteiger partial charge in [0.25, 0.3) is 0 Å². The highest BCUT2D eigenvalue weighted by Crippen LogP contribution is 2.45. The standard InChI is InChI=1S/C23H29N3O2/c27-22(28)21-17-26(13-9-19-6-2-1-3-7-19)18-23(21)10-14-25(15-11-23)16-20-8-4-5-12-24-20/h1-8,12,21H,9-11,13-18H2,(H,27,28). The molecular weight excluding hydrogens is 350 g/mol. The smallest absolute Gasteiger partial charge is 0.308 e. The summed E-state index contributed by atoms with van der Waals surface area (Å²) in [7, 11) is 0. The number of piperidine rings is 1. The summed E-state index contributed by atoms with van der Waals surface area (Å²) in [5.41, 5.74) is 2.33. The van der Waals surface area contributed by atoms with E-state index in [1.54, 1.807) is 0 Å². The number of hydrogen-bond donors (Lipinski definition) is 1. The van der Waals surface area contributed by atoms with Crippen molar-refractivity contribution in [2.45, 2.75) is 25.8 Å². The van der Waals surface area contributed by atoms with E-state index in [1.807, 2.05) is 24.4 Å². The van der Waals surface area contributed by atoms with Crippen molar-refractivity contribution in [3.8, 4) is 0 Å². The molecule has 0 aliphatic carbocycles. The second-order valence-electron chi connectivity index (χ2n) is 8.32. The molecule has 0 amide bonds. The second kappa shape index (κ2) is 8.41. The molecule has 0 saturated carbocycles. The van der Waals surface area contributed by atoms with Gasteiger partial charge in [0.15, 0.2) is 0 Å². The Morgan fingerprint density at radius 2 is 1.82 bits per heavy atom. The Balaban J connectivity index is 1.36. The summed E-state index contributed by atoms with van der Waals surface area (Å²) in [5, 5.41) is 9.88. The molecule has 5 nitrogen and oxygen atoms in total. The van der Waals surface area contributed by atoms with Gasteiger partial charge in [0.2, 0.25) is 0 Å². The molecule has 2 aromatic rings. The fraction of sp³-hybridized carbons (Fsp3) is 0.478. The lowest BCUT2D eigenvalue weighted by Crippen LogP contribution is -2.45. The molecule has 3 heterocycles. The van der Waals surface area contributed by atoms with Crippen LogP contribution in [0.5, 0.6) is 0 Å². The van der Waals surface area contributed by atoms with E-state index in [4.69, 9.17) is 0 Å². The van der Waals surface area contributed by atoms with E-state index in [9.17, 15) is 9.90 Å². The number of carbonyl (C=O) groups is 1. The summed E-state index contributed by atoms with van der Waals surface area (Å²) in [6, 6.07) is 16.5. The summed E-state index contributed by atoms with van der Waals surface area (Å²) >= 11 is 0. The van der Waals surface area contributed by atoms with Crippen LogP contribution >= 0.6 is 0 Å². The van der Waals surface area contributed by atoms with Crippen molar-refractivity contribution in [3.63, 3.8) is 0 Å². The lowest BCUT2D eigenvalue weighted by Gasteiger charge is -2.41. The van der Waals surface area contributed by atoms with E-state index in [-0.39, 0.29) is 11.3 Å². The summed E-state index contributed by atoms with van der Waals surface area (Å²) in [6.45, 7) is 5.29. The molecular formula is C23H29N3O2. The first-order valence-electron chi connectivity index (χ1n) is 10.3. The molecule has 4 rings (SSSR count). The maximum Gasteiger partial charge on any atom is 0.308 e. The number of aromatic nitrogens is 1. The van der Waals surface area contributed by atoms with Crippen LogP contribution in [0.2, 0.25) is 0 Å². The molecule has 2 saturated heterocycles. The van der Waals surface area contributed by atoms with E-state index in [0.717, 1.165) is 57.7 Å². The van der Waals surface area contributed by atoms with E-state index < -0.39 is 5.97 Å². The molecule has 28 heavy (non-hydrogen) atoms. The molecule has 1 aromatic heterocycles. The predicted molar refractivity (Wildman–Crippen MR) is 109 cm³/mol. The van der Waals surface area contributed by atoms with Crippen LogP contribution in [0, 0.1) is 11.3 Å². The van der Waals surface area contributed by atoms with Crippen molar-refractivity contribution in [1.82, 2.24) is 14.8 Å². The topological polar surface area (TPSA) is 56.7 Å². The van der Waals surface area contributed by atoms with Crippen molar-refractivity contribution >= 4 is 5.97 Å². The van der Waals surface area contributed by atoms with E-state index >= 15 is 0 Å². The van der Waals surface area contributed by atoms with Crippen molar-refractivity contribution in [3.05, 3.63) is 66.0 Å². The first-order chi connectivity index (χ1) is 13.6. The molecule has 2 fully saturated rings. The van der Waals surface area contributed by atoms with Crippen LogP contribution in [0.1, 0.15) is 24.1 Å². The average Bonchev–Trinajstić information content (AvgIpc) is 3.08. The molecule has 0 bridgehead atoms. The maximum absolute atomic E-state index is 12.0. The highest BCUT2D eigenvalue weighted by atomic mass is 16.4. The van der Waals surface area contributed by atoms with E-state index in [1.165, 1.54) is 5.56 Å². The molecule has 1 unspecified atom stereocenters. The Morgan fingerprint density at radius 1 is 1.07 bits per heavy atom. The lowest BCUT2D eigenvalue weighted by atomic mass is 9.71. The maximum atomic E-state index is 12.0. The van der Waals surface area contributed by atoms with Gasteiger partial charge in [0, 0.05) is 37.8 Å². The summed E-state index contributed by atoms with van der Waals surface area (Å²) < 4.78 is 0. The van der Waals surface area contributed by atoms with Crippen LogP contribution in [-0.2, 0) is 17.8 Å². The Kier molecular flexibility index (Phi) is 5.74. The zero-order valence-electron chi connectivity index (χ0n) is 16.3. The number of hydrogen-bond acceptors (Lipinski definition) is 4. The van der Waals surface area contributed by atoms with Gasteiger partial charge in [-0.15, -0.1) is 0 Å². The molecule has 5 heteroatoms. The second-order valence-corrected chi connectivity index (χ2v) is 8.32. The molecule has 1 N–H and O–H groups in total. The fourth-order valence-corrected chi connectivity index (χ4v) is 4.90. The van der Waals surface area contributed by atoms with Gasteiger partial charge in [-0.1, -0.05) is 36.4 Å². The highest BCUT2D eigenvalue weighted by molar-refractivity contribution is 5.72. The first-order valence-corrected chi connectivity index (χ1v) is 10.3. The summed E-state index contributed by atoms with van der Waals surface area (Å²) in [5.74, 6) is -0.874. The third-order valence-corrected chi connectivity index (χ3v) is 6.54. The van der Waals surface area contributed by atoms with Crippen LogP contribution in [0.15, 0.2) is 54.7 Å². The molecule has 1 aromatic carbocycles. The summed E-state index contributed by atoms with van der Waals surface area (Å²) in [4.78, 5) is 21.2. The van der Waals surface area contributed by atoms with Crippen LogP contribution in [-0.4, -0.2) is 58.6 Å². The van der Waals surface area contributed by atoms with E-state index in [0.29, 0.717) is 6.54 Å². The Hall–Kier alpha value is -2.24. The zero-order chi connectivity index (χ0) is 19.4. The van der Waals surface area contributed by atoms with E-state index in [2.05, 4.69) is 45.1 Å². The molecule has 1 spiro atoms. The number of rotatable bonds is 6. The minimum Gasteiger partial charge on any atom is -0.481 e. The molecule has 148 valence electrons. The molecule has 0 radical (unpaired) electrons. The van der Waals surface area contributed by atoms with Crippen molar-refractivity contribution in [2.24, 2.45) is 11.3 Å². The minimum absolute atomic E-state index is 0.0802. The Labute approximate surface area is 167 Å². The largest absolute Gasteiger partial charge is 0.481 e. The number of likely N-dealkylation sites (tertiary alicyclic amines) is 2. The van der Waals surface area contributed by atoms with Gasteiger partial charge in [0.05, 0.1) is 11.6 Å². The highest BCUT2D eigenvalue weighted by Gasteiger charge is 2.51. The van der Waals surface area contributed by atoms with Crippen LogP contribution < -0.4 is 0 Å². The number of aliphatic carboxylic acids is 1. The number of pyridine rings is 1. The third kappa shape index (κ3) is 4.26. The Bertz CT molecular complexity index is 773. The number of benzene rings is 1. The van der Waals surface area contributed by atoms with Gasteiger partial charge in [0.1, 0.15) is 0 Å². The quantitative estimate of drug-likeness (QED) is 0.836. The van der Waals surface area contributed by atoms with Crippen LogP contribution in [0.4, 0.5) is 0 Å². The van der Waals surface area contributed by atoms with Crippen LogP contribution in [0.3, 0.4) is 0 Å². The van der Waals surface area contributed by atoms with Crippen LogP contribution in [0.25, 0.3) is 0 Å². The van der Waals surface area contributed by atoms with Gasteiger partial charge in [-0.05, 0) is 50.0 Å². The average molecular weight is 380 g/mol. The third-order valence-electron chi connectivity index (χ3n) is 6.54. The van der Waals surface area contributed by atoms with Crippen molar-refractivity contribution < 1.29 is 9.90 Å². The molecule has 1 atom stereocenters. The number of carboxylic acids is 1. The Morgan fingerprint density at radius 3 is 2.50 bits per heavy atom. The number of nitrogens with zero attached hydrogens (tertiary/aromatic N) is 3. The normalized spacial score (nSPS) is 22.5. The van der Waals surface area contributed by atoms with Gasteiger partial charge in [-0.25, -0.2) is 0 Å². The predicted octanol–water partition coefficient (Wildman–Crippen LogP) is 2.92. The van der Waals surface area contributed by atoms with Gasteiger partial charge < -0.3 is 10.0 Å². The van der Waals surface area contributed by atoms with Gasteiger partial charge in [-0.2, -0.15) is 0 Å². The monoisotopic (exact) mass is 379 g/mol. The molecule has 2 aliphatic heterocycles. The van der Waals surface area contributed by atoms with Gasteiger partial charge in [-0.3, -0.25) is 14.7 Å². The van der Waals surface area contributed by atoms with Crippen molar-refractivity contribution in [2.75, 3.05) is 32.7 Å². The van der Waals surface area contributed by atoms with Gasteiger partial charge >= 0.3 is 5.97 Å². The lowest BCUT2D eigenvalue weighted by molar-refractivity contribution is -0.146. The molecule has 2 aliphatic rings. The summed E-state index contributed by atoms with van der Waals surface area (Å²) in [6.07, 6.45) is 4.73. The minimum atomic E-state index is -0.625. The SMILES string of the molecule is O=C(O)C1CN(CCc2ccccc2)CC12CCN(Cc1ccccn1)CC2. The number of carboxylic acid groups (broad SMARTS) is 1. The first kappa shape index (κ1) is 19.1. The zero-order valence-corrected chi connectivity index (χ0v) is 16.3. The fourth-order valence-electron chi connectivity index (χ4n) is 4.90.